The van der Waals surface area contributed by atoms with Gasteiger partial charge in [0.15, 0.2) is 0 Å². The van der Waals surface area contributed by atoms with Crippen molar-refractivity contribution < 1.29 is 9.53 Å². The molecular weight excluding hydrogens is 248 g/mol. The first kappa shape index (κ1) is 17.3. The highest BCUT2D eigenvalue weighted by Crippen LogP contribution is 2.22. The van der Waals surface area contributed by atoms with Gasteiger partial charge in [0.1, 0.15) is 6.04 Å². The molecule has 0 bridgehead atoms. The highest BCUT2D eigenvalue weighted by Gasteiger charge is 2.16. The number of rotatable bonds is 9. The van der Waals surface area contributed by atoms with Crippen LogP contribution in [0, 0.1) is 16.7 Å². The molecule has 0 aliphatic carbocycles. The number of unbranched alkanes of at least 4 members (excludes halogenated alkanes) is 1. The molecule has 0 amide bonds. The van der Waals surface area contributed by atoms with Gasteiger partial charge in [-0.05, 0) is 39.4 Å². The Labute approximate surface area is 114 Å². The zero-order chi connectivity index (χ0) is 14.0. The predicted molar refractivity (Wildman–Crippen MR) is 75.2 cm³/mol. The standard InChI is InChI=1S/C13H24N2O2S/c1-4-17-12(16)11(15)9-18-8-6-5-7-13(2,3)10-14/h11H,4-9,15H2,1-3H3. The Bertz CT molecular complexity index is 287. The number of hydrogen-bond acceptors (Lipinski definition) is 5. The molecule has 18 heavy (non-hydrogen) atoms. The van der Waals surface area contributed by atoms with E-state index >= 15 is 0 Å². The summed E-state index contributed by atoms with van der Waals surface area (Å²) in [6.45, 7) is 6.06. The van der Waals surface area contributed by atoms with Crippen LogP contribution in [-0.2, 0) is 9.53 Å². The van der Waals surface area contributed by atoms with Gasteiger partial charge in [-0.15, -0.1) is 0 Å². The Kier molecular flexibility index (Phi) is 8.86. The van der Waals surface area contributed by atoms with E-state index in [9.17, 15) is 4.79 Å². The Hall–Kier alpha value is -0.730. The molecule has 0 spiro atoms. The molecule has 1 atom stereocenters. The quantitative estimate of drug-likeness (QED) is 0.515. The summed E-state index contributed by atoms with van der Waals surface area (Å²) >= 11 is 1.66. The van der Waals surface area contributed by atoms with Crippen LogP contribution in [0.5, 0.6) is 0 Å². The summed E-state index contributed by atoms with van der Waals surface area (Å²) < 4.78 is 4.83. The second-order valence-electron chi connectivity index (χ2n) is 4.89. The van der Waals surface area contributed by atoms with Gasteiger partial charge in [0, 0.05) is 5.75 Å². The van der Waals surface area contributed by atoms with Crippen LogP contribution in [-0.4, -0.2) is 30.1 Å². The van der Waals surface area contributed by atoms with Gasteiger partial charge in [-0.1, -0.05) is 6.42 Å². The molecule has 104 valence electrons. The van der Waals surface area contributed by atoms with Crippen molar-refractivity contribution in [3.05, 3.63) is 0 Å². The molecule has 1 unspecified atom stereocenters. The SMILES string of the molecule is CCOC(=O)C(N)CSCCCCC(C)(C)C#N. The van der Waals surface area contributed by atoms with Crippen molar-refractivity contribution in [2.24, 2.45) is 11.1 Å². The van der Waals surface area contributed by atoms with E-state index in [0.29, 0.717) is 12.4 Å². The fourth-order valence-electron chi connectivity index (χ4n) is 1.35. The number of carbonyl (C=O) groups excluding carboxylic acids is 1. The molecular formula is C13H24N2O2S. The number of thioether (sulfide) groups is 1. The topological polar surface area (TPSA) is 76.1 Å². The summed E-state index contributed by atoms with van der Waals surface area (Å²) in [5.41, 5.74) is 5.44. The van der Waals surface area contributed by atoms with Crippen molar-refractivity contribution >= 4 is 17.7 Å². The van der Waals surface area contributed by atoms with E-state index in [1.54, 1.807) is 18.7 Å². The second kappa shape index (κ2) is 9.23. The lowest BCUT2D eigenvalue weighted by Gasteiger charge is -2.14. The van der Waals surface area contributed by atoms with Crippen LogP contribution in [0.3, 0.4) is 0 Å². The van der Waals surface area contributed by atoms with Crippen molar-refractivity contribution in [3.8, 4) is 6.07 Å². The van der Waals surface area contributed by atoms with E-state index in [-0.39, 0.29) is 11.4 Å². The molecule has 0 aromatic heterocycles. The molecule has 0 heterocycles. The first-order valence-electron chi connectivity index (χ1n) is 6.34. The Morgan fingerprint density at radius 2 is 2.17 bits per heavy atom. The number of nitrogens with two attached hydrogens (primary N) is 1. The van der Waals surface area contributed by atoms with Crippen LogP contribution in [0.15, 0.2) is 0 Å². The van der Waals surface area contributed by atoms with Crippen molar-refractivity contribution in [1.29, 1.82) is 5.26 Å². The predicted octanol–water partition coefficient (Wildman–Crippen LogP) is 2.33. The number of hydrogen-bond donors (Lipinski definition) is 1. The van der Waals surface area contributed by atoms with Gasteiger partial charge >= 0.3 is 5.97 Å². The summed E-state index contributed by atoms with van der Waals surface area (Å²) in [4.78, 5) is 11.2. The van der Waals surface area contributed by atoms with Crippen molar-refractivity contribution in [2.45, 2.75) is 46.1 Å². The number of nitriles is 1. The molecule has 0 fully saturated rings. The van der Waals surface area contributed by atoms with E-state index < -0.39 is 6.04 Å². The molecule has 0 saturated carbocycles. The fourth-order valence-corrected chi connectivity index (χ4v) is 2.32. The van der Waals surface area contributed by atoms with Crippen LogP contribution in [0.2, 0.25) is 0 Å². The molecule has 5 heteroatoms. The lowest BCUT2D eigenvalue weighted by Crippen LogP contribution is -2.34. The molecule has 0 aliphatic rings. The summed E-state index contributed by atoms with van der Waals surface area (Å²) in [5, 5.41) is 8.86. The highest BCUT2D eigenvalue weighted by atomic mass is 32.2. The summed E-state index contributed by atoms with van der Waals surface area (Å²) in [5.74, 6) is 1.24. The molecule has 0 saturated heterocycles. The third-order valence-electron chi connectivity index (χ3n) is 2.53. The van der Waals surface area contributed by atoms with Gasteiger partial charge in [0.2, 0.25) is 0 Å². The third-order valence-corrected chi connectivity index (χ3v) is 3.70. The van der Waals surface area contributed by atoms with Crippen LogP contribution in [0.4, 0.5) is 0 Å². The first-order chi connectivity index (χ1) is 8.43. The largest absolute Gasteiger partial charge is 0.465 e. The third kappa shape index (κ3) is 8.37. The minimum absolute atomic E-state index is 0.230. The average molecular weight is 272 g/mol. The number of carbonyl (C=O) groups is 1. The van der Waals surface area contributed by atoms with Gasteiger partial charge in [0.05, 0.1) is 18.1 Å². The van der Waals surface area contributed by atoms with E-state index in [2.05, 4.69) is 6.07 Å². The van der Waals surface area contributed by atoms with Gasteiger partial charge in [-0.3, -0.25) is 4.79 Å². The lowest BCUT2D eigenvalue weighted by atomic mass is 9.89. The fraction of sp³-hybridized carbons (Fsp3) is 0.846. The maximum Gasteiger partial charge on any atom is 0.323 e. The zero-order valence-corrected chi connectivity index (χ0v) is 12.4. The minimum Gasteiger partial charge on any atom is -0.465 e. The maximum atomic E-state index is 11.2. The van der Waals surface area contributed by atoms with E-state index in [1.807, 2.05) is 13.8 Å². The molecule has 0 rings (SSSR count). The number of nitrogens with zero attached hydrogens (tertiary/aromatic N) is 1. The summed E-state index contributed by atoms with van der Waals surface area (Å²) in [7, 11) is 0. The summed E-state index contributed by atoms with van der Waals surface area (Å²) in [6.07, 6.45) is 2.99. The summed E-state index contributed by atoms with van der Waals surface area (Å²) in [6, 6.07) is 1.77. The highest BCUT2D eigenvalue weighted by molar-refractivity contribution is 7.99. The molecule has 4 nitrogen and oxygen atoms in total. The molecule has 0 aliphatic heterocycles. The van der Waals surface area contributed by atoms with Crippen LogP contribution < -0.4 is 5.73 Å². The normalized spacial score (nSPS) is 12.8. The molecule has 0 aromatic carbocycles. The second-order valence-corrected chi connectivity index (χ2v) is 6.04. The number of ether oxygens (including phenoxy) is 1. The monoisotopic (exact) mass is 272 g/mol. The van der Waals surface area contributed by atoms with E-state index in [4.69, 9.17) is 15.7 Å². The lowest BCUT2D eigenvalue weighted by molar-refractivity contribution is -0.144. The van der Waals surface area contributed by atoms with Gasteiger partial charge in [-0.2, -0.15) is 17.0 Å². The zero-order valence-electron chi connectivity index (χ0n) is 11.6. The number of esters is 1. The van der Waals surface area contributed by atoms with E-state index in [0.717, 1.165) is 25.0 Å². The van der Waals surface area contributed by atoms with Crippen molar-refractivity contribution in [3.63, 3.8) is 0 Å². The van der Waals surface area contributed by atoms with Crippen LogP contribution in [0.1, 0.15) is 40.0 Å². The molecule has 2 N–H and O–H groups in total. The average Bonchev–Trinajstić information content (AvgIpc) is 2.33. The molecule has 0 aromatic rings. The minimum atomic E-state index is -0.523. The Morgan fingerprint density at radius 1 is 1.50 bits per heavy atom. The first-order valence-corrected chi connectivity index (χ1v) is 7.49. The maximum absolute atomic E-state index is 11.2. The van der Waals surface area contributed by atoms with Gasteiger partial charge in [0.25, 0.3) is 0 Å². The smallest absolute Gasteiger partial charge is 0.323 e. The van der Waals surface area contributed by atoms with Gasteiger partial charge in [-0.25, -0.2) is 0 Å². The van der Waals surface area contributed by atoms with Crippen molar-refractivity contribution in [1.82, 2.24) is 0 Å². The van der Waals surface area contributed by atoms with Crippen molar-refractivity contribution in [2.75, 3.05) is 18.1 Å². The van der Waals surface area contributed by atoms with Crippen LogP contribution >= 0.6 is 11.8 Å². The van der Waals surface area contributed by atoms with Crippen LogP contribution in [0.25, 0.3) is 0 Å². The van der Waals surface area contributed by atoms with Gasteiger partial charge < -0.3 is 10.5 Å². The Balaban J connectivity index is 3.52. The molecule has 0 radical (unpaired) electrons. The van der Waals surface area contributed by atoms with E-state index in [1.165, 1.54) is 0 Å². The Morgan fingerprint density at radius 3 is 2.72 bits per heavy atom.